The van der Waals surface area contributed by atoms with Crippen molar-refractivity contribution in [1.82, 2.24) is 0 Å². The summed E-state index contributed by atoms with van der Waals surface area (Å²) >= 11 is 0. The first-order valence-corrected chi connectivity index (χ1v) is 4.63. The number of ether oxygens (including phenoxy) is 1. The van der Waals surface area contributed by atoms with Crippen molar-refractivity contribution in [2.24, 2.45) is 5.73 Å². The van der Waals surface area contributed by atoms with Gasteiger partial charge in [0.1, 0.15) is 11.4 Å². The summed E-state index contributed by atoms with van der Waals surface area (Å²) in [6.45, 7) is 0.691. The molecular formula is C11H11NO3. The van der Waals surface area contributed by atoms with E-state index in [1.54, 1.807) is 6.07 Å². The first-order valence-electron chi connectivity index (χ1n) is 4.63. The van der Waals surface area contributed by atoms with Crippen LogP contribution in [0.2, 0.25) is 0 Å². The quantitative estimate of drug-likeness (QED) is 0.706. The van der Waals surface area contributed by atoms with Crippen LogP contribution in [0.1, 0.15) is 11.1 Å². The Balaban J connectivity index is 2.31. The maximum atomic E-state index is 10.5. The molecule has 1 heterocycles. The van der Waals surface area contributed by atoms with Crippen LogP contribution in [0.5, 0.6) is 5.75 Å². The Morgan fingerprint density at radius 2 is 2.33 bits per heavy atom. The van der Waals surface area contributed by atoms with Crippen LogP contribution in [0.15, 0.2) is 23.9 Å². The minimum Gasteiger partial charge on any atom is -0.493 e. The molecule has 15 heavy (non-hydrogen) atoms. The van der Waals surface area contributed by atoms with Gasteiger partial charge in [0.2, 0.25) is 0 Å². The molecule has 1 aromatic carbocycles. The van der Waals surface area contributed by atoms with E-state index in [9.17, 15) is 4.79 Å². The number of hydrogen-bond donors (Lipinski definition) is 2. The fourth-order valence-electron chi connectivity index (χ4n) is 1.54. The van der Waals surface area contributed by atoms with Crippen LogP contribution in [0.3, 0.4) is 0 Å². The van der Waals surface area contributed by atoms with Gasteiger partial charge in [-0.1, -0.05) is 6.07 Å². The number of rotatable bonds is 2. The summed E-state index contributed by atoms with van der Waals surface area (Å²) in [5.74, 6) is -0.229. The lowest BCUT2D eigenvalue weighted by Gasteiger charge is -2.00. The van der Waals surface area contributed by atoms with Gasteiger partial charge < -0.3 is 15.6 Å². The minimum atomic E-state index is -1.10. The lowest BCUT2D eigenvalue weighted by Crippen LogP contribution is -2.09. The van der Waals surface area contributed by atoms with Crippen molar-refractivity contribution < 1.29 is 14.6 Å². The zero-order valence-electron chi connectivity index (χ0n) is 8.06. The van der Waals surface area contributed by atoms with Gasteiger partial charge in [-0.05, 0) is 29.3 Å². The Kier molecular flexibility index (Phi) is 2.33. The lowest BCUT2D eigenvalue weighted by molar-refractivity contribution is -0.132. The number of carboxylic acid groups (broad SMARTS) is 1. The van der Waals surface area contributed by atoms with Crippen molar-refractivity contribution in [2.75, 3.05) is 6.61 Å². The van der Waals surface area contributed by atoms with Crippen LogP contribution in [-0.4, -0.2) is 17.7 Å². The van der Waals surface area contributed by atoms with E-state index >= 15 is 0 Å². The van der Waals surface area contributed by atoms with Gasteiger partial charge >= 0.3 is 5.97 Å². The first kappa shape index (κ1) is 9.58. The summed E-state index contributed by atoms with van der Waals surface area (Å²) in [7, 11) is 0. The summed E-state index contributed by atoms with van der Waals surface area (Å²) in [5.41, 5.74) is 7.06. The average Bonchev–Trinajstić information content (AvgIpc) is 2.64. The third-order valence-electron chi connectivity index (χ3n) is 2.28. The molecule has 3 N–H and O–H groups in total. The van der Waals surface area contributed by atoms with E-state index in [1.165, 1.54) is 6.08 Å². The predicted octanol–water partition coefficient (Wildman–Crippen LogP) is 1.01. The van der Waals surface area contributed by atoms with E-state index in [2.05, 4.69) is 0 Å². The third kappa shape index (κ3) is 1.93. The molecule has 1 aliphatic rings. The number of carbonyl (C=O) groups is 1. The van der Waals surface area contributed by atoms with Crippen LogP contribution in [0.4, 0.5) is 0 Å². The Morgan fingerprint density at radius 3 is 3.07 bits per heavy atom. The molecule has 0 unspecified atom stereocenters. The molecule has 4 heteroatoms. The molecule has 0 bridgehead atoms. The molecule has 0 aliphatic carbocycles. The van der Waals surface area contributed by atoms with Crippen molar-refractivity contribution >= 4 is 12.0 Å². The van der Waals surface area contributed by atoms with Gasteiger partial charge in [0.25, 0.3) is 0 Å². The summed E-state index contributed by atoms with van der Waals surface area (Å²) in [5, 5.41) is 8.62. The Morgan fingerprint density at radius 1 is 1.53 bits per heavy atom. The van der Waals surface area contributed by atoms with Crippen LogP contribution in [-0.2, 0) is 11.2 Å². The number of nitrogens with two attached hydrogens (primary N) is 1. The summed E-state index contributed by atoms with van der Waals surface area (Å²) in [6.07, 6.45) is 2.31. The van der Waals surface area contributed by atoms with E-state index in [0.717, 1.165) is 23.3 Å². The van der Waals surface area contributed by atoms with E-state index < -0.39 is 5.97 Å². The van der Waals surface area contributed by atoms with E-state index in [1.807, 2.05) is 12.1 Å². The number of aliphatic carboxylic acids is 1. The summed E-state index contributed by atoms with van der Waals surface area (Å²) in [6, 6.07) is 5.53. The summed E-state index contributed by atoms with van der Waals surface area (Å²) in [4.78, 5) is 10.5. The molecule has 0 saturated heterocycles. The molecule has 0 atom stereocenters. The molecule has 0 spiro atoms. The normalized spacial score (nSPS) is 14.5. The van der Waals surface area contributed by atoms with Gasteiger partial charge in [-0.15, -0.1) is 0 Å². The largest absolute Gasteiger partial charge is 0.493 e. The maximum Gasteiger partial charge on any atom is 0.351 e. The molecule has 0 fully saturated rings. The van der Waals surface area contributed by atoms with Crippen molar-refractivity contribution in [2.45, 2.75) is 6.42 Å². The van der Waals surface area contributed by atoms with Crippen LogP contribution >= 0.6 is 0 Å². The van der Waals surface area contributed by atoms with Gasteiger partial charge in [0, 0.05) is 6.42 Å². The smallest absolute Gasteiger partial charge is 0.351 e. The molecule has 78 valence electrons. The van der Waals surface area contributed by atoms with Crippen molar-refractivity contribution in [3.63, 3.8) is 0 Å². The monoisotopic (exact) mass is 205 g/mol. The molecule has 0 radical (unpaired) electrons. The number of hydrogen-bond acceptors (Lipinski definition) is 3. The summed E-state index contributed by atoms with van der Waals surface area (Å²) < 4.78 is 5.34. The molecular weight excluding hydrogens is 194 g/mol. The number of benzene rings is 1. The zero-order chi connectivity index (χ0) is 10.8. The predicted molar refractivity (Wildman–Crippen MR) is 55.4 cm³/mol. The minimum absolute atomic E-state index is 0.158. The van der Waals surface area contributed by atoms with Crippen molar-refractivity contribution in [3.8, 4) is 5.75 Å². The molecule has 0 aromatic heterocycles. The standard InChI is InChI=1S/C11H11NO3/c12-9(11(13)14)6-7-1-2-10-8(5-7)3-4-15-10/h1-2,5-6H,3-4,12H2,(H,13,14)/b9-6+. The lowest BCUT2D eigenvalue weighted by atomic mass is 10.1. The molecule has 1 aliphatic heterocycles. The topological polar surface area (TPSA) is 72.5 Å². The second kappa shape index (κ2) is 3.65. The molecule has 0 amide bonds. The van der Waals surface area contributed by atoms with Gasteiger partial charge in [-0.3, -0.25) is 0 Å². The zero-order valence-corrected chi connectivity index (χ0v) is 8.06. The fraction of sp³-hybridized carbons (Fsp3) is 0.182. The fourth-order valence-corrected chi connectivity index (χ4v) is 1.54. The molecule has 4 nitrogen and oxygen atoms in total. The highest BCUT2D eigenvalue weighted by Crippen LogP contribution is 2.26. The molecule has 0 saturated carbocycles. The number of fused-ring (bicyclic) bond motifs is 1. The highest BCUT2D eigenvalue weighted by atomic mass is 16.5. The molecule has 1 aromatic rings. The van der Waals surface area contributed by atoms with Gasteiger partial charge in [0.15, 0.2) is 0 Å². The Bertz CT molecular complexity index is 437. The average molecular weight is 205 g/mol. The number of carboxylic acids is 1. The van der Waals surface area contributed by atoms with E-state index in [-0.39, 0.29) is 5.70 Å². The van der Waals surface area contributed by atoms with Gasteiger partial charge in [0.05, 0.1) is 6.61 Å². The first-order chi connectivity index (χ1) is 7.16. The van der Waals surface area contributed by atoms with Crippen LogP contribution in [0, 0.1) is 0 Å². The Hall–Kier alpha value is -1.97. The van der Waals surface area contributed by atoms with Crippen LogP contribution < -0.4 is 10.5 Å². The van der Waals surface area contributed by atoms with Crippen molar-refractivity contribution in [1.29, 1.82) is 0 Å². The van der Waals surface area contributed by atoms with E-state index in [4.69, 9.17) is 15.6 Å². The second-order valence-corrected chi connectivity index (χ2v) is 3.37. The van der Waals surface area contributed by atoms with E-state index in [0.29, 0.717) is 6.61 Å². The third-order valence-corrected chi connectivity index (χ3v) is 2.28. The molecule has 2 rings (SSSR count). The Labute approximate surface area is 87.0 Å². The second-order valence-electron chi connectivity index (χ2n) is 3.37. The SMILES string of the molecule is N/C(=C/c1ccc2c(c1)CCO2)C(=O)O. The maximum absolute atomic E-state index is 10.5. The van der Waals surface area contributed by atoms with Crippen LogP contribution in [0.25, 0.3) is 6.08 Å². The van der Waals surface area contributed by atoms with Gasteiger partial charge in [-0.25, -0.2) is 4.79 Å². The highest BCUT2D eigenvalue weighted by molar-refractivity contribution is 5.91. The van der Waals surface area contributed by atoms with Crippen molar-refractivity contribution in [3.05, 3.63) is 35.0 Å². The highest BCUT2D eigenvalue weighted by Gasteiger charge is 2.11. The van der Waals surface area contributed by atoms with Gasteiger partial charge in [-0.2, -0.15) is 0 Å².